The largest absolute Gasteiger partial charge is 0.432 e. The number of ether oxygens (including phenoxy) is 2. The number of hydrogen-bond donors (Lipinski definition) is 7. The van der Waals surface area contributed by atoms with Gasteiger partial charge in [0.2, 0.25) is 6.29 Å². The van der Waals surface area contributed by atoms with Crippen molar-refractivity contribution in [2.45, 2.75) is 142 Å². The van der Waals surface area contributed by atoms with E-state index < -0.39 is 71.7 Å². The fourth-order valence-corrected chi connectivity index (χ4v) is 12.1. The summed E-state index contributed by atoms with van der Waals surface area (Å²) < 4.78 is 11.4. The Labute approximate surface area is 273 Å². The van der Waals surface area contributed by atoms with Gasteiger partial charge < -0.3 is 45.2 Å². The Morgan fingerprint density at radius 3 is 2.20 bits per heavy atom. The predicted molar refractivity (Wildman–Crippen MR) is 168 cm³/mol. The molecule has 262 valence electrons. The average Bonchev–Trinajstić information content (AvgIpc) is 2.99. The van der Waals surface area contributed by atoms with Gasteiger partial charge in [0, 0.05) is 5.41 Å². The first-order valence-corrected chi connectivity index (χ1v) is 17.6. The monoisotopic (exact) mass is 650 g/mol. The van der Waals surface area contributed by atoms with Crippen molar-refractivity contribution in [3.05, 3.63) is 11.6 Å². The Morgan fingerprint density at radius 2 is 1.54 bits per heavy atom. The first kappa shape index (κ1) is 34.7. The van der Waals surface area contributed by atoms with E-state index in [1.165, 1.54) is 5.57 Å². The molecular weight excluding hydrogens is 592 g/mol. The molecule has 0 aromatic heterocycles. The van der Waals surface area contributed by atoms with E-state index in [0.29, 0.717) is 32.1 Å². The molecule has 5 aliphatic carbocycles. The van der Waals surface area contributed by atoms with Gasteiger partial charge in [-0.05, 0) is 97.2 Å². The predicted octanol–water partition coefficient (Wildman–Crippen LogP) is 2.44. The maximum absolute atomic E-state index is 14.4. The molecule has 0 aromatic carbocycles. The van der Waals surface area contributed by atoms with Crippen LogP contribution >= 0.6 is 0 Å². The second-order valence-corrected chi connectivity index (χ2v) is 17.8. The molecule has 1 aliphatic heterocycles. The quantitative estimate of drug-likeness (QED) is 0.177. The lowest BCUT2D eigenvalue weighted by molar-refractivity contribution is -0.299. The van der Waals surface area contributed by atoms with Crippen LogP contribution in [0.4, 0.5) is 0 Å². The highest BCUT2D eigenvalue weighted by atomic mass is 16.7. The van der Waals surface area contributed by atoms with Crippen LogP contribution in [-0.2, 0) is 14.3 Å². The third kappa shape index (κ3) is 4.53. The number of aliphatic hydroxyl groups excluding tert-OH is 7. The van der Waals surface area contributed by atoms with Gasteiger partial charge in [0.25, 0.3) is 0 Å². The Morgan fingerprint density at radius 1 is 0.848 bits per heavy atom. The van der Waals surface area contributed by atoms with Crippen LogP contribution in [0.3, 0.4) is 0 Å². The zero-order valence-electron chi connectivity index (χ0n) is 28.5. The Bertz CT molecular complexity index is 1240. The van der Waals surface area contributed by atoms with Crippen LogP contribution in [0.25, 0.3) is 0 Å². The number of carbonyl (C=O) groups is 1. The zero-order valence-corrected chi connectivity index (χ0v) is 28.5. The highest BCUT2D eigenvalue weighted by Gasteiger charge is 2.72. The lowest BCUT2D eigenvalue weighted by Gasteiger charge is -2.71. The second kappa shape index (κ2) is 11.2. The molecule has 0 amide bonds. The van der Waals surface area contributed by atoms with E-state index in [9.17, 15) is 40.5 Å². The maximum Gasteiger partial charge on any atom is 0.317 e. The number of rotatable bonds is 4. The molecule has 10 heteroatoms. The van der Waals surface area contributed by atoms with E-state index in [0.717, 1.165) is 25.7 Å². The number of esters is 1. The van der Waals surface area contributed by atoms with Gasteiger partial charge in [-0.2, -0.15) is 0 Å². The average molecular weight is 651 g/mol. The van der Waals surface area contributed by atoms with E-state index in [-0.39, 0.29) is 40.6 Å². The topological polar surface area (TPSA) is 177 Å². The molecule has 46 heavy (non-hydrogen) atoms. The van der Waals surface area contributed by atoms with E-state index in [2.05, 4.69) is 40.7 Å². The molecule has 0 aromatic rings. The van der Waals surface area contributed by atoms with Gasteiger partial charge in [-0.1, -0.05) is 53.2 Å². The van der Waals surface area contributed by atoms with Gasteiger partial charge in [0.1, 0.15) is 29.8 Å². The lowest BCUT2D eigenvalue weighted by atomic mass is 9.33. The van der Waals surface area contributed by atoms with Crippen molar-refractivity contribution in [3.63, 3.8) is 0 Å². The number of carbonyl (C=O) groups excluding carboxylic acids is 1. The molecule has 0 radical (unpaired) electrons. The third-order valence-corrected chi connectivity index (χ3v) is 15.3. The first-order valence-electron chi connectivity index (χ1n) is 17.6. The van der Waals surface area contributed by atoms with Crippen LogP contribution < -0.4 is 0 Å². The highest BCUT2D eigenvalue weighted by Crippen LogP contribution is 2.75. The number of allylic oxidation sites excluding steroid dienone is 2. The van der Waals surface area contributed by atoms with E-state index in [1.54, 1.807) is 0 Å². The summed E-state index contributed by atoms with van der Waals surface area (Å²) in [4.78, 5) is 14.4. The van der Waals surface area contributed by atoms with Crippen molar-refractivity contribution in [2.75, 3.05) is 13.2 Å². The Balaban J connectivity index is 1.38. The fourth-order valence-electron chi connectivity index (χ4n) is 12.1. The van der Waals surface area contributed by atoms with Gasteiger partial charge in [0.15, 0.2) is 0 Å². The molecule has 1 heterocycles. The van der Waals surface area contributed by atoms with E-state index in [1.807, 2.05) is 6.92 Å². The van der Waals surface area contributed by atoms with Gasteiger partial charge in [-0.15, -0.1) is 0 Å². The SMILES string of the molecule is CC1(C)CC[C@]2(C(=O)O[C@@H]3O[C@H](CO)[C@@H](O)[C@H](O)[C@H]3O)[C@H](O)C[C@]3(C)C(=CC[C@@H]4[C@@]5(C)CC[C@H](O)[C@](C)(CO)[C@@H]5CC[C@]43C)[C@@H]2C1. The van der Waals surface area contributed by atoms with Crippen LogP contribution in [0.15, 0.2) is 11.6 Å². The molecule has 15 atom stereocenters. The Hall–Kier alpha value is -1.11. The smallest absolute Gasteiger partial charge is 0.317 e. The maximum atomic E-state index is 14.4. The van der Waals surface area contributed by atoms with Gasteiger partial charge >= 0.3 is 5.97 Å². The molecular formula is C36H58O10. The minimum atomic E-state index is -1.72. The fraction of sp³-hybridized carbons (Fsp3) is 0.917. The van der Waals surface area contributed by atoms with Crippen molar-refractivity contribution < 1.29 is 50.0 Å². The van der Waals surface area contributed by atoms with Crippen LogP contribution in [0, 0.1) is 50.2 Å². The normalized spacial score (nSPS) is 54.8. The third-order valence-electron chi connectivity index (χ3n) is 15.3. The molecule has 6 rings (SSSR count). The highest BCUT2D eigenvalue weighted by molar-refractivity contribution is 5.80. The van der Waals surface area contributed by atoms with Crippen molar-refractivity contribution in [1.82, 2.24) is 0 Å². The van der Waals surface area contributed by atoms with Crippen LogP contribution in [-0.4, -0.2) is 97.8 Å². The number of aliphatic hydroxyl groups is 7. The minimum absolute atomic E-state index is 0.0504. The molecule has 7 N–H and O–H groups in total. The van der Waals surface area contributed by atoms with Crippen LogP contribution in [0.2, 0.25) is 0 Å². The summed E-state index contributed by atoms with van der Waals surface area (Å²) in [5.74, 6) is -0.569. The molecule has 5 fully saturated rings. The lowest BCUT2D eigenvalue weighted by Crippen LogP contribution is -2.68. The van der Waals surface area contributed by atoms with Crippen molar-refractivity contribution in [2.24, 2.45) is 50.2 Å². The standard InChI is InChI=1S/C36H58O10/c1-31(2)13-14-36(30(44)46-29-28(43)27(42)26(41)21(17-37)45-29)20(15-31)19-7-8-23-32(3)11-10-24(39)33(4,18-38)22(32)9-12-34(23,5)35(19,6)16-25(36)40/h7,20-29,37-43H,8-18H2,1-6H3/t20-,21+,22+,23+,24-,25+,26+,27-,28+,29-,32-,33+,34+,35+,36+/m0/s1. The molecule has 6 aliphatic rings. The van der Waals surface area contributed by atoms with Gasteiger partial charge in [-0.25, -0.2) is 0 Å². The van der Waals surface area contributed by atoms with Crippen molar-refractivity contribution >= 4 is 5.97 Å². The second-order valence-electron chi connectivity index (χ2n) is 17.8. The van der Waals surface area contributed by atoms with Gasteiger partial charge in [-0.3, -0.25) is 4.79 Å². The summed E-state index contributed by atoms with van der Waals surface area (Å²) >= 11 is 0. The number of hydrogen-bond acceptors (Lipinski definition) is 10. The zero-order chi connectivity index (χ0) is 33.8. The van der Waals surface area contributed by atoms with Gasteiger partial charge in [0.05, 0.1) is 25.4 Å². The molecule has 0 spiro atoms. The molecule has 10 nitrogen and oxygen atoms in total. The summed E-state index contributed by atoms with van der Waals surface area (Å²) in [5, 5.41) is 74.9. The molecule has 0 bridgehead atoms. The summed E-state index contributed by atoms with van der Waals surface area (Å²) in [6.07, 6.45) is -0.789. The van der Waals surface area contributed by atoms with E-state index >= 15 is 0 Å². The first-order chi connectivity index (χ1) is 21.4. The summed E-state index contributed by atoms with van der Waals surface area (Å²) in [7, 11) is 0. The molecule has 1 saturated heterocycles. The number of fused-ring (bicyclic) bond motifs is 7. The minimum Gasteiger partial charge on any atom is -0.432 e. The summed E-state index contributed by atoms with van der Waals surface area (Å²) in [6.45, 7) is 12.7. The Kier molecular flexibility index (Phi) is 8.46. The van der Waals surface area contributed by atoms with E-state index in [4.69, 9.17) is 9.47 Å². The van der Waals surface area contributed by atoms with Crippen LogP contribution in [0.1, 0.15) is 99.3 Å². The van der Waals surface area contributed by atoms with Crippen molar-refractivity contribution in [3.8, 4) is 0 Å². The molecule has 0 unspecified atom stereocenters. The molecule has 4 saturated carbocycles. The van der Waals surface area contributed by atoms with Crippen LogP contribution in [0.5, 0.6) is 0 Å². The summed E-state index contributed by atoms with van der Waals surface area (Å²) in [6, 6.07) is 0. The summed E-state index contributed by atoms with van der Waals surface area (Å²) in [5.41, 5.74) is -1.48. The van der Waals surface area contributed by atoms with Crippen molar-refractivity contribution in [1.29, 1.82) is 0 Å².